The van der Waals surface area contributed by atoms with E-state index in [1.807, 2.05) is 17.8 Å². The number of fused-ring (bicyclic) bond motifs is 1. The maximum Gasteiger partial charge on any atom is 0.273 e. The van der Waals surface area contributed by atoms with Crippen LogP contribution in [0.2, 0.25) is 0 Å². The first-order chi connectivity index (χ1) is 13.1. The summed E-state index contributed by atoms with van der Waals surface area (Å²) in [7, 11) is 0. The summed E-state index contributed by atoms with van der Waals surface area (Å²) < 4.78 is 15.1. The van der Waals surface area contributed by atoms with Crippen LogP contribution in [0.3, 0.4) is 0 Å². The molecule has 27 heavy (non-hydrogen) atoms. The molecule has 3 heterocycles. The first kappa shape index (κ1) is 17.7. The van der Waals surface area contributed by atoms with Crippen molar-refractivity contribution >= 4 is 16.8 Å². The highest BCUT2D eigenvalue weighted by Crippen LogP contribution is 2.21. The van der Waals surface area contributed by atoms with E-state index in [9.17, 15) is 9.18 Å². The third kappa shape index (κ3) is 3.57. The predicted molar refractivity (Wildman–Crippen MR) is 100 cm³/mol. The number of carbonyl (C=O) groups excluding carboxylic acids is 1. The number of amides is 1. The SMILES string of the molecule is Cc1c(C(=O)NCCc2c[nH]c3cc(F)ccc23)nnn1C1CCNCC1. The normalized spacial score (nSPS) is 15.3. The topological polar surface area (TPSA) is 87.6 Å². The average Bonchev–Trinajstić information content (AvgIpc) is 3.25. The zero-order valence-corrected chi connectivity index (χ0v) is 15.3. The Bertz CT molecular complexity index is 956. The first-order valence-electron chi connectivity index (χ1n) is 9.29. The van der Waals surface area contributed by atoms with Crippen molar-refractivity contribution in [3.63, 3.8) is 0 Å². The van der Waals surface area contributed by atoms with Crippen LogP contribution in [0.25, 0.3) is 10.9 Å². The Morgan fingerprint density at radius 3 is 3.00 bits per heavy atom. The standard InChI is InChI=1S/C19H23FN6O/c1-12-18(24-25-26(12)15-5-7-21-8-6-15)19(27)22-9-4-13-11-23-17-10-14(20)2-3-16(13)17/h2-3,10-11,15,21,23H,4-9H2,1H3,(H,22,27). The summed E-state index contributed by atoms with van der Waals surface area (Å²) in [5.41, 5.74) is 2.99. The number of benzene rings is 1. The van der Waals surface area contributed by atoms with E-state index in [1.165, 1.54) is 12.1 Å². The molecule has 0 radical (unpaired) electrons. The lowest BCUT2D eigenvalue weighted by Gasteiger charge is -2.23. The van der Waals surface area contributed by atoms with Gasteiger partial charge in [-0.3, -0.25) is 4.79 Å². The molecule has 4 rings (SSSR count). The molecule has 142 valence electrons. The van der Waals surface area contributed by atoms with E-state index in [4.69, 9.17) is 0 Å². The van der Waals surface area contributed by atoms with E-state index in [-0.39, 0.29) is 11.7 Å². The molecule has 1 aliphatic rings. The number of hydrogen-bond donors (Lipinski definition) is 3. The van der Waals surface area contributed by atoms with Crippen molar-refractivity contribution in [2.24, 2.45) is 0 Å². The maximum absolute atomic E-state index is 13.3. The molecule has 1 aliphatic heterocycles. The summed E-state index contributed by atoms with van der Waals surface area (Å²) in [6, 6.07) is 4.97. The highest BCUT2D eigenvalue weighted by Gasteiger charge is 2.22. The fraction of sp³-hybridized carbons (Fsp3) is 0.421. The molecule has 7 nitrogen and oxygen atoms in total. The Morgan fingerprint density at radius 2 is 2.19 bits per heavy atom. The lowest BCUT2D eigenvalue weighted by Crippen LogP contribution is -2.30. The molecular formula is C19H23FN6O. The van der Waals surface area contributed by atoms with Crippen LogP contribution in [0.15, 0.2) is 24.4 Å². The van der Waals surface area contributed by atoms with E-state index in [0.29, 0.717) is 24.7 Å². The Kier molecular flexibility index (Phi) is 4.89. The van der Waals surface area contributed by atoms with Gasteiger partial charge in [0.05, 0.1) is 11.7 Å². The van der Waals surface area contributed by atoms with Crippen LogP contribution < -0.4 is 10.6 Å². The molecule has 1 saturated heterocycles. The zero-order valence-electron chi connectivity index (χ0n) is 15.3. The van der Waals surface area contributed by atoms with Crippen molar-refractivity contribution in [1.29, 1.82) is 0 Å². The fourth-order valence-electron chi connectivity index (χ4n) is 3.71. The molecule has 0 saturated carbocycles. The van der Waals surface area contributed by atoms with Crippen LogP contribution >= 0.6 is 0 Å². The first-order valence-corrected chi connectivity index (χ1v) is 9.29. The Morgan fingerprint density at radius 1 is 1.37 bits per heavy atom. The number of H-pyrrole nitrogens is 1. The van der Waals surface area contributed by atoms with Gasteiger partial charge in [-0.15, -0.1) is 5.10 Å². The number of hydrogen-bond acceptors (Lipinski definition) is 4. The zero-order chi connectivity index (χ0) is 18.8. The van der Waals surface area contributed by atoms with Gasteiger partial charge in [0.25, 0.3) is 5.91 Å². The minimum Gasteiger partial charge on any atom is -0.361 e. The monoisotopic (exact) mass is 370 g/mol. The van der Waals surface area contributed by atoms with Crippen molar-refractivity contribution < 1.29 is 9.18 Å². The van der Waals surface area contributed by atoms with Gasteiger partial charge in [-0.05, 0) is 63.0 Å². The van der Waals surface area contributed by atoms with Crippen LogP contribution in [-0.2, 0) is 6.42 Å². The number of piperidine rings is 1. The molecular weight excluding hydrogens is 347 g/mol. The molecule has 0 bridgehead atoms. The Hall–Kier alpha value is -2.74. The second-order valence-electron chi connectivity index (χ2n) is 6.96. The summed E-state index contributed by atoms with van der Waals surface area (Å²) in [5.74, 6) is -0.477. The summed E-state index contributed by atoms with van der Waals surface area (Å²) >= 11 is 0. The van der Waals surface area contributed by atoms with Gasteiger partial charge in [-0.1, -0.05) is 5.21 Å². The second-order valence-corrected chi connectivity index (χ2v) is 6.96. The second kappa shape index (κ2) is 7.48. The molecule has 0 atom stereocenters. The lowest BCUT2D eigenvalue weighted by molar-refractivity contribution is 0.0948. The number of carbonyl (C=O) groups is 1. The molecule has 1 amide bonds. The van der Waals surface area contributed by atoms with Crippen LogP contribution in [0.4, 0.5) is 4.39 Å². The largest absolute Gasteiger partial charge is 0.361 e. The van der Waals surface area contributed by atoms with Crippen molar-refractivity contribution in [2.45, 2.75) is 32.2 Å². The molecule has 1 fully saturated rings. The average molecular weight is 370 g/mol. The Labute approximate surface area is 156 Å². The number of nitrogens with one attached hydrogen (secondary N) is 3. The van der Waals surface area contributed by atoms with Gasteiger partial charge in [0.15, 0.2) is 5.69 Å². The third-order valence-corrected chi connectivity index (χ3v) is 5.21. The molecule has 0 spiro atoms. The van der Waals surface area contributed by atoms with Gasteiger partial charge < -0.3 is 15.6 Å². The van der Waals surface area contributed by atoms with E-state index < -0.39 is 0 Å². The fourth-order valence-corrected chi connectivity index (χ4v) is 3.71. The van der Waals surface area contributed by atoms with Crippen molar-refractivity contribution in [1.82, 2.24) is 30.6 Å². The number of aromatic amines is 1. The number of rotatable bonds is 5. The summed E-state index contributed by atoms with van der Waals surface area (Å²) in [6.07, 6.45) is 4.49. The molecule has 2 aromatic heterocycles. The van der Waals surface area contributed by atoms with Crippen LogP contribution in [0.1, 0.15) is 40.6 Å². The van der Waals surface area contributed by atoms with Crippen LogP contribution in [0, 0.1) is 12.7 Å². The van der Waals surface area contributed by atoms with Gasteiger partial charge in [-0.25, -0.2) is 9.07 Å². The van der Waals surface area contributed by atoms with Crippen molar-refractivity contribution in [3.8, 4) is 0 Å². The number of aromatic nitrogens is 4. The molecule has 3 N–H and O–H groups in total. The predicted octanol–water partition coefficient (Wildman–Crippen LogP) is 2.10. The Balaban J connectivity index is 1.38. The number of halogens is 1. The molecule has 1 aromatic carbocycles. The van der Waals surface area contributed by atoms with Gasteiger partial charge in [-0.2, -0.15) is 0 Å². The smallest absolute Gasteiger partial charge is 0.273 e. The van der Waals surface area contributed by atoms with E-state index in [2.05, 4.69) is 25.9 Å². The minimum absolute atomic E-state index is 0.210. The van der Waals surface area contributed by atoms with Crippen LogP contribution in [0.5, 0.6) is 0 Å². The van der Waals surface area contributed by atoms with E-state index in [0.717, 1.165) is 48.1 Å². The highest BCUT2D eigenvalue weighted by atomic mass is 19.1. The van der Waals surface area contributed by atoms with Crippen molar-refractivity contribution in [2.75, 3.05) is 19.6 Å². The van der Waals surface area contributed by atoms with Gasteiger partial charge in [0, 0.05) is 23.6 Å². The lowest BCUT2D eigenvalue weighted by atomic mass is 10.1. The molecule has 0 unspecified atom stereocenters. The van der Waals surface area contributed by atoms with Gasteiger partial charge in [0.2, 0.25) is 0 Å². The molecule has 0 aliphatic carbocycles. The maximum atomic E-state index is 13.3. The summed E-state index contributed by atoms with van der Waals surface area (Å²) in [4.78, 5) is 15.6. The summed E-state index contributed by atoms with van der Waals surface area (Å²) in [5, 5.41) is 15.5. The minimum atomic E-state index is -0.267. The highest BCUT2D eigenvalue weighted by molar-refractivity contribution is 5.93. The number of nitrogens with zero attached hydrogens (tertiary/aromatic N) is 3. The van der Waals surface area contributed by atoms with E-state index >= 15 is 0 Å². The molecule has 8 heteroatoms. The quantitative estimate of drug-likeness (QED) is 0.642. The van der Waals surface area contributed by atoms with Gasteiger partial charge in [0.1, 0.15) is 5.82 Å². The molecule has 3 aromatic rings. The van der Waals surface area contributed by atoms with Crippen molar-refractivity contribution in [3.05, 3.63) is 47.2 Å². The van der Waals surface area contributed by atoms with Gasteiger partial charge >= 0.3 is 0 Å². The van der Waals surface area contributed by atoms with E-state index in [1.54, 1.807) is 6.07 Å². The summed E-state index contributed by atoms with van der Waals surface area (Å²) in [6.45, 7) is 4.29. The van der Waals surface area contributed by atoms with Crippen LogP contribution in [-0.4, -0.2) is 45.5 Å². The third-order valence-electron chi connectivity index (χ3n) is 5.21.